The van der Waals surface area contributed by atoms with E-state index >= 15 is 0 Å². The van der Waals surface area contributed by atoms with Crippen molar-refractivity contribution in [2.75, 3.05) is 39.3 Å². The van der Waals surface area contributed by atoms with Crippen molar-refractivity contribution in [2.45, 2.75) is 32.0 Å². The first-order chi connectivity index (χ1) is 11.2. The summed E-state index contributed by atoms with van der Waals surface area (Å²) in [6.07, 6.45) is 0.987. The van der Waals surface area contributed by atoms with Crippen LogP contribution < -0.4 is 5.32 Å². The van der Waals surface area contributed by atoms with E-state index in [9.17, 15) is 4.79 Å². The number of nitrogens with one attached hydrogen (secondary N) is 1. The summed E-state index contributed by atoms with van der Waals surface area (Å²) >= 11 is 0. The summed E-state index contributed by atoms with van der Waals surface area (Å²) in [7, 11) is 0. The molecule has 0 aliphatic carbocycles. The number of ether oxygens (including phenoxy) is 1. The van der Waals surface area contributed by atoms with Crippen LogP contribution in [0.3, 0.4) is 0 Å². The van der Waals surface area contributed by atoms with Gasteiger partial charge in [-0.2, -0.15) is 0 Å². The molecule has 2 atom stereocenters. The highest BCUT2D eigenvalue weighted by Gasteiger charge is 2.32. The molecule has 2 saturated heterocycles. The Morgan fingerprint density at radius 1 is 1.22 bits per heavy atom. The summed E-state index contributed by atoms with van der Waals surface area (Å²) in [6.45, 7) is 8.01. The molecule has 5 nitrogen and oxygen atoms in total. The van der Waals surface area contributed by atoms with Gasteiger partial charge in [0.2, 0.25) is 5.91 Å². The maximum Gasteiger partial charge on any atom is 0.242 e. The van der Waals surface area contributed by atoms with Crippen molar-refractivity contribution in [3.63, 3.8) is 0 Å². The molecule has 1 aromatic carbocycles. The van der Waals surface area contributed by atoms with Gasteiger partial charge in [0.05, 0.1) is 12.7 Å². The lowest BCUT2D eigenvalue weighted by Gasteiger charge is -2.33. The second-order valence-electron chi connectivity index (χ2n) is 6.45. The van der Waals surface area contributed by atoms with E-state index in [4.69, 9.17) is 4.74 Å². The standard InChI is InChI=1S/C18H27N3O2/c1-15-17(19-8-13-23-15)18(22)21-10-5-9-20(11-12-21)14-16-6-3-2-4-7-16/h2-4,6-7,15,17,19H,5,8-14H2,1H3/t15-,17+/m1/s1. The van der Waals surface area contributed by atoms with Crippen LogP contribution in [0.5, 0.6) is 0 Å². The molecular formula is C18H27N3O2. The van der Waals surface area contributed by atoms with Crippen molar-refractivity contribution in [1.29, 1.82) is 0 Å². The fourth-order valence-electron chi connectivity index (χ4n) is 3.40. The number of rotatable bonds is 3. The van der Waals surface area contributed by atoms with Gasteiger partial charge in [-0.1, -0.05) is 30.3 Å². The minimum absolute atomic E-state index is 0.0417. The number of amides is 1. The molecule has 5 heteroatoms. The second-order valence-corrected chi connectivity index (χ2v) is 6.45. The zero-order valence-corrected chi connectivity index (χ0v) is 13.9. The van der Waals surface area contributed by atoms with Crippen LogP contribution in [-0.4, -0.2) is 67.2 Å². The molecule has 1 amide bonds. The number of carbonyl (C=O) groups excluding carboxylic acids is 1. The third-order valence-corrected chi connectivity index (χ3v) is 4.73. The molecular weight excluding hydrogens is 290 g/mol. The van der Waals surface area contributed by atoms with E-state index in [1.54, 1.807) is 0 Å². The Balaban J connectivity index is 1.54. The maximum atomic E-state index is 12.7. The van der Waals surface area contributed by atoms with Gasteiger partial charge in [0.1, 0.15) is 6.04 Å². The van der Waals surface area contributed by atoms with Crippen molar-refractivity contribution in [3.8, 4) is 0 Å². The molecule has 0 unspecified atom stereocenters. The van der Waals surface area contributed by atoms with Crippen molar-refractivity contribution >= 4 is 5.91 Å². The highest BCUT2D eigenvalue weighted by atomic mass is 16.5. The fourth-order valence-corrected chi connectivity index (χ4v) is 3.40. The summed E-state index contributed by atoms with van der Waals surface area (Å²) in [5.74, 6) is 0.193. The van der Waals surface area contributed by atoms with Gasteiger partial charge in [-0.05, 0) is 18.9 Å². The summed E-state index contributed by atoms with van der Waals surface area (Å²) in [6, 6.07) is 10.4. The van der Waals surface area contributed by atoms with Gasteiger partial charge in [0.25, 0.3) is 0 Å². The highest BCUT2D eigenvalue weighted by molar-refractivity contribution is 5.82. The summed E-state index contributed by atoms with van der Waals surface area (Å²) in [5.41, 5.74) is 1.34. The normalized spacial score (nSPS) is 26.7. The molecule has 1 aromatic rings. The topological polar surface area (TPSA) is 44.8 Å². The van der Waals surface area contributed by atoms with Gasteiger partial charge in [-0.3, -0.25) is 9.69 Å². The molecule has 0 bridgehead atoms. The first-order valence-corrected chi connectivity index (χ1v) is 8.64. The SMILES string of the molecule is C[C@H]1OCCN[C@@H]1C(=O)N1CCCN(Cc2ccccc2)CC1. The number of hydrogen-bond acceptors (Lipinski definition) is 4. The van der Waals surface area contributed by atoms with E-state index in [2.05, 4.69) is 34.5 Å². The van der Waals surface area contributed by atoms with Crippen LogP contribution in [0.15, 0.2) is 30.3 Å². The summed E-state index contributed by atoms with van der Waals surface area (Å²) < 4.78 is 5.61. The molecule has 2 heterocycles. The Morgan fingerprint density at radius 3 is 2.83 bits per heavy atom. The number of hydrogen-bond donors (Lipinski definition) is 1. The highest BCUT2D eigenvalue weighted by Crippen LogP contribution is 2.12. The lowest BCUT2D eigenvalue weighted by Crippen LogP contribution is -2.56. The second kappa shape index (κ2) is 7.90. The van der Waals surface area contributed by atoms with Gasteiger partial charge < -0.3 is 15.0 Å². The number of nitrogens with zero attached hydrogens (tertiary/aromatic N) is 2. The van der Waals surface area contributed by atoms with Crippen LogP contribution in [0.2, 0.25) is 0 Å². The smallest absolute Gasteiger partial charge is 0.242 e. The van der Waals surface area contributed by atoms with Gasteiger partial charge in [0, 0.05) is 39.3 Å². The molecule has 2 aliphatic heterocycles. The summed E-state index contributed by atoms with van der Waals surface area (Å²) in [4.78, 5) is 17.2. The Labute approximate surface area is 138 Å². The number of morpholine rings is 1. The van der Waals surface area contributed by atoms with Crippen LogP contribution in [0, 0.1) is 0 Å². The predicted octanol–water partition coefficient (Wildman–Crippen LogP) is 1.10. The fraction of sp³-hybridized carbons (Fsp3) is 0.611. The minimum atomic E-state index is -0.190. The Bertz CT molecular complexity index is 508. The third-order valence-electron chi connectivity index (χ3n) is 4.73. The van der Waals surface area contributed by atoms with Crippen molar-refractivity contribution < 1.29 is 9.53 Å². The molecule has 126 valence electrons. The third kappa shape index (κ3) is 4.31. The van der Waals surface area contributed by atoms with E-state index in [-0.39, 0.29) is 18.1 Å². The molecule has 1 N–H and O–H groups in total. The zero-order valence-electron chi connectivity index (χ0n) is 13.9. The van der Waals surface area contributed by atoms with Gasteiger partial charge in [0.15, 0.2) is 0 Å². The average Bonchev–Trinajstić information content (AvgIpc) is 2.81. The van der Waals surface area contributed by atoms with Crippen LogP contribution >= 0.6 is 0 Å². The monoisotopic (exact) mass is 317 g/mol. The van der Waals surface area contributed by atoms with E-state index in [0.29, 0.717) is 6.61 Å². The summed E-state index contributed by atoms with van der Waals surface area (Å²) in [5, 5.41) is 3.31. The molecule has 2 fully saturated rings. The van der Waals surface area contributed by atoms with Gasteiger partial charge >= 0.3 is 0 Å². The van der Waals surface area contributed by atoms with Crippen molar-refractivity contribution in [2.24, 2.45) is 0 Å². The molecule has 0 aromatic heterocycles. The first-order valence-electron chi connectivity index (χ1n) is 8.64. The van der Waals surface area contributed by atoms with Crippen LogP contribution in [-0.2, 0) is 16.1 Å². The van der Waals surface area contributed by atoms with Crippen LogP contribution in [0.1, 0.15) is 18.9 Å². The largest absolute Gasteiger partial charge is 0.375 e. The van der Waals surface area contributed by atoms with Gasteiger partial charge in [-0.25, -0.2) is 0 Å². The predicted molar refractivity (Wildman–Crippen MR) is 90.1 cm³/mol. The average molecular weight is 317 g/mol. The lowest BCUT2D eigenvalue weighted by atomic mass is 10.1. The van der Waals surface area contributed by atoms with E-state index < -0.39 is 0 Å². The Morgan fingerprint density at radius 2 is 2.04 bits per heavy atom. The lowest BCUT2D eigenvalue weighted by molar-refractivity contribution is -0.139. The first kappa shape index (κ1) is 16.4. The van der Waals surface area contributed by atoms with Crippen LogP contribution in [0.4, 0.5) is 0 Å². The molecule has 3 rings (SSSR count). The molecule has 23 heavy (non-hydrogen) atoms. The van der Waals surface area contributed by atoms with Crippen molar-refractivity contribution in [1.82, 2.24) is 15.1 Å². The van der Waals surface area contributed by atoms with Gasteiger partial charge in [-0.15, -0.1) is 0 Å². The number of benzene rings is 1. The number of carbonyl (C=O) groups is 1. The van der Waals surface area contributed by atoms with E-state index in [1.807, 2.05) is 17.9 Å². The molecule has 0 radical (unpaired) electrons. The van der Waals surface area contributed by atoms with E-state index in [0.717, 1.165) is 45.7 Å². The molecule has 0 spiro atoms. The minimum Gasteiger partial charge on any atom is -0.375 e. The molecule has 0 saturated carbocycles. The van der Waals surface area contributed by atoms with Crippen molar-refractivity contribution in [3.05, 3.63) is 35.9 Å². The van der Waals surface area contributed by atoms with Crippen LogP contribution in [0.25, 0.3) is 0 Å². The molecule has 2 aliphatic rings. The Hall–Kier alpha value is -1.43. The Kier molecular flexibility index (Phi) is 5.65. The zero-order chi connectivity index (χ0) is 16.1. The maximum absolute atomic E-state index is 12.7. The quantitative estimate of drug-likeness (QED) is 0.907. The van der Waals surface area contributed by atoms with E-state index in [1.165, 1.54) is 5.56 Å².